The Morgan fingerprint density at radius 1 is 1.92 bits per heavy atom. The van der Waals surface area contributed by atoms with Gasteiger partial charge in [-0.3, -0.25) is 9.89 Å². The molecule has 1 rings (SSSR count). The van der Waals surface area contributed by atoms with Crippen molar-refractivity contribution in [2.24, 2.45) is 0 Å². The van der Waals surface area contributed by atoms with E-state index in [2.05, 4.69) is 15.5 Å². The van der Waals surface area contributed by atoms with E-state index in [4.69, 9.17) is 5.26 Å². The Morgan fingerprint density at radius 2 is 2.69 bits per heavy atom. The third-order valence-electron chi connectivity index (χ3n) is 1.48. The van der Waals surface area contributed by atoms with Gasteiger partial charge in [0.2, 0.25) is 5.91 Å². The van der Waals surface area contributed by atoms with Crippen LogP contribution >= 0.6 is 0 Å². The molecule has 1 aromatic heterocycles. The predicted molar refractivity (Wildman–Crippen MR) is 45.5 cm³/mol. The van der Waals surface area contributed by atoms with Gasteiger partial charge in [-0.1, -0.05) is 0 Å². The molecule has 0 aliphatic rings. The highest BCUT2D eigenvalue weighted by molar-refractivity contribution is 5.78. The highest BCUT2D eigenvalue weighted by Crippen LogP contribution is 1.93. The van der Waals surface area contributed by atoms with Crippen molar-refractivity contribution in [3.05, 3.63) is 18.0 Å². The number of carbonyl (C=O) groups is 1. The van der Waals surface area contributed by atoms with Gasteiger partial charge < -0.3 is 5.32 Å². The van der Waals surface area contributed by atoms with Crippen molar-refractivity contribution in [2.45, 2.75) is 19.4 Å². The van der Waals surface area contributed by atoms with Crippen LogP contribution < -0.4 is 5.32 Å². The van der Waals surface area contributed by atoms with E-state index in [1.54, 1.807) is 19.2 Å². The summed E-state index contributed by atoms with van der Waals surface area (Å²) in [6, 6.07) is 3.19. The van der Waals surface area contributed by atoms with E-state index in [-0.39, 0.29) is 12.3 Å². The Balaban J connectivity index is 2.39. The maximum Gasteiger partial charge on any atom is 0.227 e. The number of hydrogen-bond acceptors (Lipinski definition) is 3. The fourth-order valence-electron chi connectivity index (χ4n) is 0.881. The lowest BCUT2D eigenvalue weighted by molar-refractivity contribution is -0.120. The Morgan fingerprint density at radius 3 is 3.23 bits per heavy atom. The summed E-state index contributed by atoms with van der Waals surface area (Å²) in [5, 5.41) is 17.3. The summed E-state index contributed by atoms with van der Waals surface area (Å²) in [5.74, 6) is -0.182. The van der Waals surface area contributed by atoms with Crippen LogP contribution in [0.15, 0.2) is 12.3 Å². The Hall–Kier alpha value is -1.83. The molecule has 0 saturated carbocycles. The number of amides is 1. The van der Waals surface area contributed by atoms with Crippen molar-refractivity contribution in [2.75, 3.05) is 0 Å². The molecule has 5 heteroatoms. The molecule has 0 saturated heterocycles. The number of aromatic amines is 1. The molecular weight excluding hydrogens is 168 g/mol. The highest BCUT2D eigenvalue weighted by atomic mass is 16.1. The van der Waals surface area contributed by atoms with Gasteiger partial charge in [0.15, 0.2) is 0 Å². The number of aromatic nitrogens is 2. The van der Waals surface area contributed by atoms with Gasteiger partial charge in [0.1, 0.15) is 6.04 Å². The van der Waals surface area contributed by atoms with Gasteiger partial charge >= 0.3 is 0 Å². The highest BCUT2D eigenvalue weighted by Gasteiger charge is 2.06. The van der Waals surface area contributed by atoms with Crippen LogP contribution in [-0.2, 0) is 11.2 Å². The fraction of sp³-hybridized carbons (Fsp3) is 0.375. The van der Waals surface area contributed by atoms with E-state index < -0.39 is 6.04 Å². The Kier molecular flexibility index (Phi) is 3.03. The number of rotatable bonds is 3. The summed E-state index contributed by atoms with van der Waals surface area (Å²) < 4.78 is 0. The minimum absolute atomic E-state index is 0.182. The summed E-state index contributed by atoms with van der Waals surface area (Å²) >= 11 is 0. The molecule has 0 fully saturated rings. The molecule has 1 unspecified atom stereocenters. The number of H-pyrrole nitrogens is 1. The standard InChI is InChI=1S/C8H10N4O/c1-6(5-9)11-8(13)4-7-2-3-10-12-7/h2-3,6H,4H2,1H3,(H,10,12)(H,11,13). The zero-order chi connectivity index (χ0) is 9.68. The van der Waals surface area contributed by atoms with Crippen molar-refractivity contribution in [1.29, 1.82) is 5.26 Å². The molecule has 0 bridgehead atoms. The molecule has 5 nitrogen and oxygen atoms in total. The third-order valence-corrected chi connectivity index (χ3v) is 1.48. The summed E-state index contributed by atoms with van der Waals surface area (Å²) in [6.45, 7) is 1.63. The van der Waals surface area contributed by atoms with Gasteiger partial charge in [0.25, 0.3) is 0 Å². The lowest BCUT2D eigenvalue weighted by atomic mass is 10.3. The van der Waals surface area contributed by atoms with E-state index >= 15 is 0 Å². The lowest BCUT2D eigenvalue weighted by Gasteiger charge is -2.04. The molecule has 1 aromatic rings. The van der Waals surface area contributed by atoms with Crippen LogP contribution in [0.3, 0.4) is 0 Å². The minimum Gasteiger partial charge on any atom is -0.340 e. The normalized spacial score (nSPS) is 11.7. The largest absolute Gasteiger partial charge is 0.340 e. The zero-order valence-corrected chi connectivity index (χ0v) is 7.24. The first-order valence-electron chi connectivity index (χ1n) is 3.89. The summed E-state index contributed by atoms with van der Waals surface area (Å²) in [4.78, 5) is 11.2. The van der Waals surface area contributed by atoms with Gasteiger partial charge in [0.05, 0.1) is 12.5 Å². The van der Waals surface area contributed by atoms with Crippen LogP contribution in [0.2, 0.25) is 0 Å². The van der Waals surface area contributed by atoms with Gasteiger partial charge in [-0.2, -0.15) is 10.4 Å². The molecule has 2 N–H and O–H groups in total. The van der Waals surface area contributed by atoms with Crippen molar-refractivity contribution >= 4 is 5.91 Å². The molecule has 1 atom stereocenters. The lowest BCUT2D eigenvalue weighted by Crippen LogP contribution is -2.32. The molecule has 0 aromatic carbocycles. The van der Waals surface area contributed by atoms with Crippen molar-refractivity contribution in [3.63, 3.8) is 0 Å². The van der Waals surface area contributed by atoms with Crippen molar-refractivity contribution < 1.29 is 4.79 Å². The summed E-state index contributed by atoms with van der Waals surface area (Å²) in [7, 11) is 0. The molecule has 1 heterocycles. The first-order chi connectivity index (χ1) is 6.22. The molecule has 0 aliphatic heterocycles. The average molecular weight is 178 g/mol. The van der Waals surface area contributed by atoms with E-state index in [1.807, 2.05) is 6.07 Å². The quantitative estimate of drug-likeness (QED) is 0.682. The van der Waals surface area contributed by atoms with Crippen LogP contribution in [0.5, 0.6) is 0 Å². The zero-order valence-electron chi connectivity index (χ0n) is 7.24. The van der Waals surface area contributed by atoms with Crippen LogP contribution in [0.4, 0.5) is 0 Å². The maximum absolute atomic E-state index is 11.2. The van der Waals surface area contributed by atoms with Crippen LogP contribution in [0.25, 0.3) is 0 Å². The van der Waals surface area contributed by atoms with Crippen molar-refractivity contribution in [3.8, 4) is 6.07 Å². The smallest absolute Gasteiger partial charge is 0.227 e. The van der Waals surface area contributed by atoms with E-state index in [0.717, 1.165) is 5.69 Å². The Bertz CT molecular complexity index is 311. The van der Waals surface area contributed by atoms with Crippen LogP contribution in [-0.4, -0.2) is 22.1 Å². The SMILES string of the molecule is CC(C#N)NC(=O)Cc1ccn[nH]1. The van der Waals surface area contributed by atoms with Gasteiger partial charge in [-0.05, 0) is 13.0 Å². The second kappa shape index (κ2) is 4.26. The number of nitrogens with zero attached hydrogens (tertiary/aromatic N) is 2. The second-order valence-electron chi connectivity index (χ2n) is 2.68. The monoisotopic (exact) mass is 178 g/mol. The van der Waals surface area contributed by atoms with E-state index in [1.165, 1.54) is 0 Å². The number of carbonyl (C=O) groups excluding carboxylic acids is 1. The third kappa shape index (κ3) is 2.95. The number of nitriles is 1. The molecule has 68 valence electrons. The maximum atomic E-state index is 11.2. The van der Waals surface area contributed by atoms with Gasteiger partial charge in [-0.15, -0.1) is 0 Å². The number of hydrogen-bond donors (Lipinski definition) is 2. The minimum atomic E-state index is -0.449. The molecule has 13 heavy (non-hydrogen) atoms. The van der Waals surface area contributed by atoms with Crippen molar-refractivity contribution in [1.82, 2.24) is 15.5 Å². The second-order valence-corrected chi connectivity index (χ2v) is 2.68. The summed E-state index contributed by atoms with van der Waals surface area (Å²) in [5.41, 5.74) is 0.739. The van der Waals surface area contributed by atoms with Gasteiger partial charge in [-0.25, -0.2) is 0 Å². The summed E-state index contributed by atoms with van der Waals surface area (Å²) in [6.07, 6.45) is 1.81. The fourth-order valence-corrected chi connectivity index (χ4v) is 0.881. The molecule has 0 radical (unpaired) electrons. The van der Waals surface area contributed by atoms with Crippen LogP contribution in [0, 0.1) is 11.3 Å². The Labute approximate surface area is 75.8 Å². The van der Waals surface area contributed by atoms with Gasteiger partial charge in [0, 0.05) is 11.9 Å². The molecule has 0 aliphatic carbocycles. The first kappa shape index (κ1) is 9.26. The average Bonchev–Trinajstić information content (AvgIpc) is 2.56. The van der Waals surface area contributed by atoms with E-state index in [9.17, 15) is 4.79 Å². The first-order valence-corrected chi connectivity index (χ1v) is 3.89. The topological polar surface area (TPSA) is 81.6 Å². The van der Waals surface area contributed by atoms with Crippen LogP contribution in [0.1, 0.15) is 12.6 Å². The van der Waals surface area contributed by atoms with E-state index in [0.29, 0.717) is 0 Å². The molecular formula is C8H10N4O. The molecule has 0 spiro atoms. The molecule has 1 amide bonds. The number of nitrogens with one attached hydrogen (secondary N) is 2. The predicted octanol–water partition coefficient (Wildman–Crippen LogP) is -0.0195.